The van der Waals surface area contributed by atoms with Crippen LogP contribution in [0.5, 0.6) is 0 Å². The molecule has 2 aromatic rings. The highest BCUT2D eigenvalue weighted by Crippen LogP contribution is 2.14. The minimum atomic E-state index is -1.06. The fourth-order valence-electron chi connectivity index (χ4n) is 2.70. The molecule has 0 radical (unpaired) electrons. The minimum Gasteiger partial charge on any atom is -0.351 e. The molecule has 1 unspecified atom stereocenters. The van der Waals surface area contributed by atoms with Crippen LogP contribution in [-0.2, 0) is 10.8 Å². The second-order valence-electron chi connectivity index (χ2n) is 5.90. The van der Waals surface area contributed by atoms with Crippen molar-refractivity contribution >= 4 is 22.6 Å². The van der Waals surface area contributed by atoms with Crippen molar-refractivity contribution in [2.45, 2.75) is 11.8 Å². The van der Waals surface area contributed by atoms with Crippen molar-refractivity contribution in [1.82, 2.24) is 15.0 Å². The van der Waals surface area contributed by atoms with Gasteiger partial charge in [-0.25, -0.2) is 0 Å². The van der Waals surface area contributed by atoms with Crippen molar-refractivity contribution in [3.8, 4) is 0 Å². The van der Waals surface area contributed by atoms with Gasteiger partial charge in [-0.05, 0) is 31.2 Å². The predicted molar refractivity (Wildman–Crippen MR) is 91.8 cm³/mol. The van der Waals surface area contributed by atoms with Crippen molar-refractivity contribution in [1.29, 1.82) is 0 Å². The largest absolute Gasteiger partial charge is 0.351 e. The summed E-state index contributed by atoms with van der Waals surface area (Å²) in [6.45, 7) is 3.57. The number of piperazine rings is 1. The van der Waals surface area contributed by atoms with Crippen molar-refractivity contribution in [3.05, 3.63) is 47.3 Å². The van der Waals surface area contributed by atoms with Gasteiger partial charge < -0.3 is 14.3 Å². The van der Waals surface area contributed by atoms with Gasteiger partial charge in [0.25, 0.3) is 11.8 Å². The van der Waals surface area contributed by atoms with E-state index in [9.17, 15) is 13.8 Å². The molecule has 1 fully saturated rings. The Bertz CT molecular complexity index is 808. The van der Waals surface area contributed by atoms with Crippen LogP contribution in [-0.4, -0.2) is 63.4 Å². The van der Waals surface area contributed by atoms with Gasteiger partial charge in [-0.15, -0.1) is 0 Å². The second kappa shape index (κ2) is 7.18. The molecular weight excluding hydrogens is 342 g/mol. The Morgan fingerprint density at radius 2 is 1.60 bits per heavy atom. The summed E-state index contributed by atoms with van der Waals surface area (Å²) in [5.74, 6) is -0.0704. The third kappa shape index (κ3) is 3.79. The molecule has 2 amide bonds. The van der Waals surface area contributed by atoms with Crippen molar-refractivity contribution < 1.29 is 18.3 Å². The number of carbonyl (C=O) groups is 2. The first-order valence-electron chi connectivity index (χ1n) is 7.91. The van der Waals surface area contributed by atoms with E-state index in [1.54, 1.807) is 53.3 Å². The number of nitrogens with zero attached hydrogens (tertiary/aromatic N) is 3. The molecule has 7 nitrogen and oxygen atoms in total. The molecule has 0 aliphatic carbocycles. The van der Waals surface area contributed by atoms with Gasteiger partial charge in [-0.3, -0.25) is 13.8 Å². The standard InChI is InChI=1S/C17H19N3O4S/c1-12-11-15(24-18-12)17(22)20-9-7-19(8-10-20)16(21)13-3-5-14(6-4-13)25(2)23/h3-6,11H,7-10H2,1-2H3. The Morgan fingerprint density at radius 1 is 1.04 bits per heavy atom. The highest BCUT2D eigenvalue weighted by Gasteiger charge is 2.27. The van der Waals surface area contributed by atoms with Crippen LogP contribution in [0, 0.1) is 6.92 Å². The maximum atomic E-state index is 12.5. The topological polar surface area (TPSA) is 83.7 Å². The first-order valence-corrected chi connectivity index (χ1v) is 9.47. The lowest BCUT2D eigenvalue weighted by Gasteiger charge is -2.34. The molecule has 0 saturated carbocycles. The number of amides is 2. The molecule has 25 heavy (non-hydrogen) atoms. The molecule has 2 heterocycles. The summed E-state index contributed by atoms with van der Waals surface area (Å²) in [5.41, 5.74) is 1.22. The van der Waals surface area contributed by atoms with E-state index in [1.807, 2.05) is 0 Å². The molecule has 1 aliphatic heterocycles. The van der Waals surface area contributed by atoms with Crippen LogP contribution in [0.1, 0.15) is 26.6 Å². The highest BCUT2D eigenvalue weighted by atomic mass is 32.2. The van der Waals surface area contributed by atoms with Gasteiger partial charge in [0.05, 0.1) is 5.69 Å². The fraction of sp³-hybridized carbons (Fsp3) is 0.353. The molecule has 0 N–H and O–H groups in total. The highest BCUT2D eigenvalue weighted by molar-refractivity contribution is 7.84. The van der Waals surface area contributed by atoms with Gasteiger partial charge in [-0.1, -0.05) is 5.16 Å². The molecule has 8 heteroatoms. The first-order chi connectivity index (χ1) is 12.0. The van der Waals surface area contributed by atoms with Gasteiger partial charge >= 0.3 is 0 Å². The quantitative estimate of drug-likeness (QED) is 0.823. The molecular formula is C17H19N3O4S. The van der Waals surface area contributed by atoms with E-state index in [0.29, 0.717) is 42.3 Å². The Hall–Kier alpha value is -2.48. The van der Waals surface area contributed by atoms with Crippen LogP contribution >= 0.6 is 0 Å². The predicted octanol–water partition coefficient (Wildman–Crippen LogP) is 1.32. The van der Waals surface area contributed by atoms with Crippen LogP contribution in [0.25, 0.3) is 0 Å². The summed E-state index contributed by atoms with van der Waals surface area (Å²) < 4.78 is 16.4. The number of hydrogen-bond donors (Lipinski definition) is 0. The molecule has 1 saturated heterocycles. The number of hydrogen-bond acceptors (Lipinski definition) is 5. The zero-order valence-corrected chi connectivity index (χ0v) is 14.9. The molecule has 0 spiro atoms. The van der Waals surface area contributed by atoms with Crippen LogP contribution in [0.15, 0.2) is 39.8 Å². The Balaban J connectivity index is 1.60. The third-order valence-corrected chi connectivity index (χ3v) is 5.06. The maximum Gasteiger partial charge on any atom is 0.292 e. The second-order valence-corrected chi connectivity index (χ2v) is 7.28. The average Bonchev–Trinajstić information content (AvgIpc) is 3.07. The Kier molecular flexibility index (Phi) is 4.98. The monoisotopic (exact) mass is 361 g/mol. The molecule has 1 aromatic heterocycles. The molecule has 0 bridgehead atoms. The Labute approximate surface area is 148 Å². The summed E-state index contributed by atoms with van der Waals surface area (Å²) in [6, 6.07) is 8.39. The normalized spacial score (nSPS) is 15.9. The van der Waals surface area contributed by atoms with Crippen LogP contribution in [0.2, 0.25) is 0 Å². The lowest BCUT2D eigenvalue weighted by Crippen LogP contribution is -2.50. The van der Waals surface area contributed by atoms with Crippen molar-refractivity contribution in [2.75, 3.05) is 32.4 Å². The number of benzene rings is 1. The van der Waals surface area contributed by atoms with Crippen LogP contribution < -0.4 is 0 Å². The third-order valence-electron chi connectivity index (χ3n) is 4.13. The van der Waals surface area contributed by atoms with Crippen molar-refractivity contribution in [2.24, 2.45) is 0 Å². The summed E-state index contributed by atoms with van der Waals surface area (Å²) in [5, 5.41) is 3.73. The van der Waals surface area contributed by atoms with Gasteiger partial charge in [-0.2, -0.15) is 0 Å². The SMILES string of the molecule is Cc1cc(C(=O)N2CCN(C(=O)c3ccc(S(C)=O)cc3)CC2)on1. The van der Waals surface area contributed by atoms with Crippen LogP contribution in [0.3, 0.4) is 0 Å². The molecule has 3 rings (SSSR count). The summed E-state index contributed by atoms with van der Waals surface area (Å²) in [4.78, 5) is 28.9. The van der Waals surface area contributed by atoms with Crippen molar-refractivity contribution in [3.63, 3.8) is 0 Å². The molecule has 132 valence electrons. The van der Waals surface area contributed by atoms with E-state index in [1.165, 1.54) is 0 Å². The lowest BCUT2D eigenvalue weighted by atomic mass is 10.2. The molecule has 1 atom stereocenters. The fourth-order valence-corrected chi connectivity index (χ4v) is 3.22. The lowest BCUT2D eigenvalue weighted by molar-refractivity contribution is 0.0512. The molecule has 1 aromatic carbocycles. The van der Waals surface area contributed by atoms with Gasteiger partial charge in [0, 0.05) is 59.8 Å². The number of rotatable bonds is 3. The van der Waals surface area contributed by atoms with E-state index in [0.717, 1.165) is 0 Å². The number of carbonyl (C=O) groups excluding carboxylic acids is 2. The van der Waals surface area contributed by atoms with Gasteiger partial charge in [0.15, 0.2) is 0 Å². The van der Waals surface area contributed by atoms with E-state index in [4.69, 9.17) is 4.52 Å². The van der Waals surface area contributed by atoms with E-state index < -0.39 is 10.8 Å². The summed E-state index contributed by atoms with van der Waals surface area (Å²) >= 11 is 0. The molecule has 1 aliphatic rings. The summed E-state index contributed by atoms with van der Waals surface area (Å²) in [7, 11) is -1.06. The van der Waals surface area contributed by atoms with Crippen LogP contribution in [0.4, 0.5) is 0 Å². The zero-order chi connectivity index (χ0) is 18.0. The number of aryl methyl sites for hydroxylation is 1. The first kappa shape index (κ1) is 17.3. The van der Waals surface area contributed by atoms with Gasteiger partial charge in [0.1, 0.15) is 0 Å². The Morgan fingerprint density at radius 3 is 2.08 bits per heavy atom. The van der Waals surface area contributed by atoms with Gasteiger partial charge in [0.2, 0.25) is 5.76 Å². The maximum absolute atomic E-state index is 12.5. The smallest absolute Gasteiger partial charge is 0.292 e. The van der Waals surface area contributed by atoms with E-state index in [2.05, 4.69) is 5.16 Å². The van der Waals surface area contributed by atoms with E-state index in [-0.39, 0.29) is 17.6 Å². The minimum absolute atomic E-state index is 0.0870. The average molecular weight is 361 g/mol. The number of aromatic nitrogens is 1. The summed E-state index contributed by atoms with van der Waals surface area (Å²) in [6.07, 6.45) is 1.60. The van der Waals surface area contributed by atoms with E-state index >= 15 is 0 Å². The zero-order valence-electron chi connectivity index (χ0n) is 14.1.